The number of rotatable bonds is 4. The van der Waals surface area contributed by atoms with E-state index in [1.807, 2.05) is 0 Å². The van der Waals surface area contributed by atoms with Crippen molar-refractivity contribution >= 4 is 11.8 Å². The van der Waals surface area contributed by atoms with Crippen molar-refractivity contribution in [1.82, 2.24) is 0 Å². The zero-order valence-electron chi connectivity index (χ0n) is 11.1. The minimum absolute atomic E-state index is 0.151. The van der Waals surface area contributed by atoms with Gasteiger partial charge in [0, 0.05) is 6.42 Å². The Morgan fingerprint density at radius 3 is 2.00 bits per heavy atom. The first-order valence-electron chi connectivity index (χ1n) is 7.30. The predicted octanol–water partition coefficient (Wildman–Crippen LogP) is 2.73. The Labute approximate surface area is 108 Å². The van der Waals surface area contributed by atoms with Crippen LogP contribution in [-0.4, -0.2) is 18.4 Å². The van der Waals surface area contributed by atoms with Crippen LogP contribution in [0.25, 0.3) is 0 Å². The molecular weight excluding hydrogens is 228 g/mol. The number of hydrogen-bond donors (Lipinski definition) is 0. The molecule has 100 valence electrons. The summed E-state index contributed by atoms with van der Waals surface area (Å²) in [6.07, 6.45) is 8.06. The molecule has 0 amide bonds. The van der Waals surface area contributed by atoms with Crippen LogP contribution in [0.1, 0.15) is 51.9 Å². The summed E-state index contributed by atoms with van der Waals surface area (Å²) in [4.78, 5) is 23.4. The molecule has 0 radical (unpaired) electrons. The molecule has 0 aromatic rings. The van der Waals surface area contributed by atoms with Crippen LogP contribution in [0.3, 0.4) is 0 Å². The minimum Gasteiger partial charge on any atom is -0.460 e. The molecule has 4 aliphatic rings. The van der Waals surface area contributed by atoms with E-state index in [1.165, 1.54) is 38.5 Å². The molecule has 0 spiro atoms. The van der Waals surface area contributed by atoms with Gasteiger partial charge in [0.25, 0.3) is 0 Å². The number of carbonyl (C=O) groups excluding carboxylic acids is 2. The molecule has 3 nitrogen and oxygen atoms in total. The fourth-order valence-corrected chi connectivity index (χ4v) is 5.13. The second kappa shape index (κ2) is 4.36. The van der Waals surface area contributed by atoms with Crippen LogP contribution >= 0.6 is 0 Å². The van der Waals surface area contributed by atoms with E-state index in [0.29, 0.717) is 13.0 Å². The van der Waals surface area contributed by atoms with Crippen LogP contribution in [0.5, 0.6) is 0 Å². The van der Waals surface area contributed by atoms with Crippen LogP contribution in [0.4, 0.5) is 0 Å². The first kappa shape index (κ1) is 12.2. The van der Waals surface area contributed by atoms with E-state index in [1.54, 1.807) is 6.92 Å². The maximum Gasteiger partial charge on any atom is 0.374 e. The number of ether oxygens (including phenoxy) is 1. The topological polar surface area (TPSA) is 43.4 Å². The number of esters is 1. The van der Waals surface area contributed by atoms with Gasteiger partial charge in [0.1, 0.15) is 0 Å². The summed E-state index contributed by atoms with van der Waals surface area (Å²) in [7, 11) is 0. The molecule has 0 unspecified atom stereocenters. The van der Waals surface area contributed by atoms with Gasteiger partial charge in [-0.25, -0.2) is 4.79 Å². The largest absolute Gasteiger partial charge is 0.460 e. The second-order valence-electron chi connectivity index (χ2n) is 6.74. The zero-order valence-corrected chi connectivity index (χ0v) is 11.1. The van der Waals surface area contributed by atoms with Gasteiger partial charge in [-0.3, -0.25) is 4.79 Å². The summed E-state index contributed by atoms with van der Waals surface area (Å²) < 4.78 is 4.83. The van der Waals surface area contributed by atoms with Gasteiger partial charge in [0.2, 0.25) is 5.78 Å². The third kappa shape index (κ3) is 2.08. The van der Waals surface area contributed by atoms with Crippen LogP contribution in [0.2, 0.25) is 0 Å². The fourth-order valence-electron chi connectivity index (χ4n) is 5.13. The Hall–Kier alpha value is -0.860. The van der Waals surface area contributed by atoms with Gasteiger partial charge in [0.15, 0.2) is 0 Å². The van der Waals surface area contributed by atoms with Gasteiger partial charge in [-0.05, 0) is 68.6 Å². The number of hydrogen-bond acceptors (Lipinski definition) is 3. The quantitative estimate of drug-likeness (QED) is 0.569. The van der Waals surface area contributed by atoms with E-state index in [-0.39, 0.29) is 11.2 Å². The standard InChI is InChI=1S/C15H22O3/c1-2-18-14(17)13(16)9-15-6-10-3-11(7-15)5-12(4-10)8-15/h10-12H,2-9H2,1H3. The van der Waals surface area contributed by atoms with E-state index >= 15 is 0 Å². The van der Waals surface area contributed by atoms with E-state index < -0.39 is 5.97 Å². The lowest BCUT2D eigenvalue weighted by Crippen LogP contribution is -2.47. The van der Waals surface area contributed by atoms with Crippen molar-refractivity contribution in [2.24, 2.45) is 23.2 Å². The third-order valence-electron chi connectivity index (χ3n) is 5.20. The van der Waals surface area contributed by atoms with Crippen molar-refractivity contribution in [3.05, 3.63) is 0 Å². The highest BCUT2D eigenvalue weighted by Crippen LogP contribution is 2.61. The van der Waals surface area contributed by atoms with Crippen molar-refractivity contribution in [2.75, 3.05) is 6.61 Å². The average Bonchev–Trinajstić information content (AvgIpc) is 2.26. The van der Waals surface area contributed by atoms with Crippen molar-refractivity contribution in [1.29, 1.82) is 0 Å². The lowest BCUT2D eigenvalue weighted by atomic mass is 9.48. The van der Waals surface area contributed by atoms with Gasteiger partial charge < -0.3 is 4.74 Å². The average molecular weight is 250 g/mol. The highest BCUT2D eigenvalue weighted by Gasteiger charge is 2.51. The molecule has 4 bridgehead atoms. The Morgan fingerprint density at radius 2 is 1.56 bits per heavy atom. The molecule has 4 fully saturated rings. The van der Waals surface area contributed by atoms with Gasteiger partial charge in [0.05, 0.1) is 6.61 Å². The maximum absolute atomic E-state index is 11.9. The van der Waals surface area contributed by atoms with E-state index in [0.717, 1.165) is 17.8 Å². The normalized spacial score (nSPS) is 40.8. The van der Waals surface area contributed by atoms with Crippen LogP contribution in [-0.2, 0) is 14.3 Å². The Morgan fingerprint density at radius 1 is 1.06 bits per heavy atom. The van der Waals surface area contributed by atoms with Crippen LogP contribution < -0.4 is 0 Å². The number of carbonyl (C=O) groups is 2. The molecule has 0 heterocycles. The molecule has 4 rings (SSSR count). The predicted molar refractivity (Wildman–Crippen MR) is 66.9 cm³/mol. The highest BCUT2D eigenvalue weighted by atomic mass is 16.5. The molecule has 0 aliphatic heterocycles. The monoisotopic (exact) mass is 250 g/mol. The van der Waals surface area contributed by atoms with E-state index in [2.05, 4.69) is 0 Å². The Bertz CT molecular complexity index is 337. The van der Waals surface area contributed by atoms with Crippen molar-refractivity contribution in [2.45, 2.75) is 51.9 Å². The molecule has 18 heavy (non-hydrogen) atoms. The lowest BCUT2D eigenvalue weighted by Gasteiger charge is -2.56. The maximum atomic E-state index is 11.9. The summed E-state index contributed by atoms with van der Waals surface area (Å²) >= 11 is 0. The van der Waals surface area contributed by atoms with Gasteiger partial charge in [-0.2, -0.15) is 0 Å². The molecule has 0 atom stereocenters. The summed E-state index contributed by atoms with van der Waals surface area (Å²) in [5, 5.41) is 0. The first-order valence-corrected chi connectivity index (χ1v) is 7.30. The smallest absolute Gasteiger partial charge is 0.374 e. The van der Waals surface area contributed by atoms with Crippen LogP contribution in [0, 0.1) is 23.2 Å². The molecule has 3 heteroatoms. The zero-order chi connectivity index (χ0) is 12.8. The van der Waals surface area contributed by atoms with Gasteiger partial charge in [-0.1, -0.05) is 0 Å². The molecule has 0 aromatic heterocycles. The lowest BCUT2D eigenvalue weighted by molar-refractivity contribution is -0.156. The first-order chi connectivity index (χ1) is 8.60. The molecule has 0 aromatic carbocycles. The number of Topliss-reactive ketones (excluding diaryl/α,β-unsaturated/α-hetero) is 1. The Balaban J connectivity index is 1.68. The Kier molecular flexibility index (Phi) is 2.95. The van der Waals surface area contributed by atoms with Crippen molar-refractivity contribution in [3.63, 3.8) is 0 Å². The molecule has 0 N–H and O–H groups in total. The van der Waals surface area contributed by atoms with Gasteiger partial charge in [-0.15, -0.1) is 0 Å². The third-order valence-corrected chi connectivity index (χ3v) is 5.20. The molecule has 4 saturated carbocycles. The summed E-state index contributed by atoms with van der Waals surface area (Å²) in [5.74, 6) is 1.57. The van der Waals surface area contributed by atoms with E-state index in [9.17, 15) is 9.59 Å². The minimum atomic E-state index is -0.617. The molecule has 4 aliphatic carbocycles. The van der Waals surface area contributed by atoms with E-state index in [4.69, 9.17) is 4.74 Å². The fraction of sp³-hybridized carbons (Fsp3) is 0.867. The highest BCUT2D eigenvalue weighted by molar-refractivity contribution is 6.33. The van der Waals surface area contributed by atoms with Crippen molar-refractivity contribution < 1.29 is 14.3 Å². The summed E-state index contributed by atoms with van der Waals surface area (Å²) in [6, 6.07) is 0. The van der Waals surface area contributed by atoms with Gasteiger partial charge >= 0.3 is 5.97 Å². The van der Waals surface area contributed by atoms with Crippen LogP contribution in [0.15, 0.2) is 0 Å². The SMILES string of the molecule is CCOC(=O)C(=O)CC12CC3CC(CC(C3)C1)C2. The molecular formula is C15H22O3. The summed E-state index contributed by atoms with van der Waals surface area (Å²) in [5.41, 5.74) is 0.151. The summed E-state index contributed by atoms with van der Waals surface area (Å²) in [6.45, 7) is 2.04. The van der Waals surface area contributed by atoms with Crippen molar-refractivity contribution in [3.8, 4) is 0 Å². The molecule has 0 saturated heterocycles. The number of ketones is 1. The second-order valence-corrected chi connectivity index (χ2v) is 6.74.